The number of hydrogen-bond acceptors (Lipinski definition) is 6. The Bertz CT molecular complexity index is 566. The van der Waals surface area contributed by atoms with Gasteiger partial charge in [-0.3, -0.25) is 0 Å². The van der Waals surface area contributed by atoms with Gasteiger partial charge < -0.3 is 14.5 Å². The van der Waals surface area contributed by atoms with Crippen LogP contribution in [-0.4, -0.2) is 22.5 Å². The minimum atomic E-state index is -0.394. The maximum Gasteiger partial charge on any atom is 0.341 e. The van der Waals surface area contributed by atoms with Crippen LogP contribution in [-0.2, 0) is 11.3 Å². The fourth-order valence-corrected chi connectivity index (χ4v) is 1.59. The number of pyridine rings is 1. The molecule has 0 aliphatic carbocycles. The van der Waals surface area contributed by atoms with Crippen molar-refractivity contribution in [1.29, 1.82) is 0 Å². The topological polar surface area (TPSA) is 77.2 Å². The normalized spacial score (nSPS) is 10.2. The van der Waals surface area contributed by atoms with Gasteiger partial charge in [0, 0.05) is 6.20 Å². The van der Waals surface area contributed by atoms with Gasteiger partial charge in [-0.15, -0.1) is 0 Å². The van der Waals surface area contributed by atoms with Crippen molar-refractivity contribution in [2.45, 2.75) is 20.4 Å². The first-order valence-corrected chi connectivity index (χ1v) is 5.97. The Kier molecular flexibility index (Phi) is 4.12. The lowest BCUT2D eigenvalue weighted by molar-refractivity contribution is 0.0527. The maximum absolute atomic E-state index is 11.8. The summed E-state index contributed by atoms with van der Waals surface area (Å²) < 4.78 is 10.1. The van der Waals surface area contributed by atoms with Crippen molar-refractivity contribution in [3.63, 3.8) is 0 Å². The van der Waals surface area contributed by atoms with Crippen molar-refractivity contribution >= 4 is 11.8 Å². The van der Waals surface area contributed by atoms with Gasteiger partial charge in [-0.2, -0.15) is 0 Å². The first kappa shape index (κ1) is 13.1. The zero-order valence-corrected chi connectivity index (χ0v) is 10.8. The molecule has 0 fully saturated rings. The predicted octanol–water partition coefficient (Wildman–Crippen LogP) is 2.17. The summed E-state index contributed by atoms with van der Waals surface area (Å²) >= 11 is 0. The molecule has 0 bridgehead atoms. The van der Waals surface area contributed by atoms with Gasteiger partial charge in [0.1, 0.15) is 22.8 Å². The number of oxazole rings is 1. The molecule has 6 heteroatoms. The Morgan fingerprint density at radius 1 is 1.47 bits per heavy atom. The third-order valence-electron chi connectivity index (χ3n) is 2.57. The van der Waals surface area contributed by atoms with E-state index >= 15 is 0 Å². The maximum atomic E-state index is 11.8. The SMILES string of the molecule is CCOC(=O)c1cccnc1NCc1ncoc1C. The molecule has 1 N–H and O–H groups in total. The number of esters is 1. The number of anilines is 1. The molecule has 2 aromatic rings. The van der Waals surface area contributed by atoms with E-state index in [4.69, 9.17) is 9.15 Å². The summed E-state index contributed by atoms with van der Waals surface area (Å²) in [5, 5.41) is 3.06. The van der Waals surface area contributed by atoms with Crippen LogP contribution in [0, 0.1) is 6.92 Å². The van der Waals surface area contributed by atoms with Crippen LogP contribution < -0.4 is 5.32 Å². The molecule has 2 aromatic heterocycles. The third-order valence-corrected chi connectivity index (χ3v) is 2.57. The average Bonchev–Trinajstić information content (AvgIpc) is 2.82. The Balaban J connectivity index is 2.12. The van der Waals surface area contributed by atoms with Crippen LogP contribution in [0.1, 0.15) is 28.7 Å². The van der Waals surface area contributed by atoms with Crippen molar-refractivity contribution in [1.82, 2.24) is 9.97 Å². The lowest BCUT2D eigenvalue weighted by Gasteiger charge is -2.09. The van der Waals surface area contributed by atoms with E-state index in [0.717, 1.165) is 11.5 Å². The van der Waals surface area contributed by atoms with Gasteiger partial charge in [0.15, 0.2) is 6.39 Å². The number of hydrogen-bond donors (Lipinski definition) is 1. The second-order valence-electron chi connectivity index (χ2n) is 3.83. The van der Waals surface area contributed by atoms with E-state index in [1.165, 1.54) is 6.39 Å². The molecule has 0 spiro atoms. The van der Waals surface area contributed by atoms with Crippen LogP contribution in [0.5, 0.6) is 0 Å². The zero-order chi connectivity index (χ0) is 13.7. The Hall–Kier alpha value is -2.37. The first-order valence-electron chi connectivity index (χ1n) is 5.97. The summed E-state index contributed by atoms with van der Waals surface area (Å²) in [7, 11) is 0. The van der Waals surface area contributed by atoms with E-state index < -0.39 is 5.97 Å². The molecule has 6 nitrogen and oxygen atoms in total. The summed E-state index contributed by atoms with van der Waals surface area (Å²) in [5.74, 6) is 0.819. The third kappa shape index (κ3) is 3.09. The van der Waals surface area contributed by atoms with Gasteiger partial charge in [0.25, 0.3) is 0 Å². The summed E-state index contributed by atoms with van der Waals surface area (Å²) in [5.41, 5.74) is 1.19. The van der Waals surface area contributed by atoms with E-state index in [2.05, 4.69) is 15.3 Å². The number of rotatable bonds is 5. The van der Waals surface area contributed by atoms with Crippen LogP contribution in [0.25, 0.3) is 0 Å². The zero-order valence-electron chi connectivity index (χ0n) is 10.8. The quantitative estimate of drug-likeness (QED) is 0.831. The van der Waals surface area contributed by atoms with E-state index in [1.807, 2.05) is 6.92 Å². The van der Waals surface area contributed by atoms with Crippen molar-refractivity contribution in [2.24, 2.45) is 0 Å². The fourth-order valence-electron chi connectivity index (χ4n) is 1.59. The Labute approximate surface area is 110 Å². The highest BCUT2D eigenvalue weighted by atomic mass is 16.5. The molecule has 0 radical (unpaired) electrons. The van der Waals surface area contributed by atoms with Gasteiger partial charge in [0.05, 0.1) is 13.2 Å². The van der Waals surface area contributed by atoms with E-state index in [0.29, 0.717) is 24.5 Å². The number of nitrogens with one attached hydrogen (secondary N) is 1. The van der Waals surface area contributed by atoms with Crippen LogP contribution in [0.4, 0.5) is 5.82 Å². The molecular formula is C13H15N3O3. The summed E-state index contributed by atoms with van der Waals surface area (Å²) in [4.78, 5) is 20.0. The molecule has 0 saturated carbocycles. The average molecular weight is 261 g/mol. The number of aryl methyl sites for hydroxylation is 1. The summed E-state index contributed by atoms with van der Waals surface area (Å²) in [6, 6.07) is 3.36. The molecule has 19 heavy (non-hydrogen) atoms. The second-order valence-corrected chi connectivity index (χ2v) is 3.83. The highest BCUT2D eigenvalue weighted by Crippen LogP contribution is 2.15. The van der Waals surface area contributed by atoms with Gasteiger partial charge in [-0.1, -0.05) is 0 Å². The van der Waals surface area contributed by atoms with Crippen LogP contribution in [0.3, 0.4) is 0 Å². The fraction of sp³-hybridized carbons (Fsp3) is 0.308. The molecule has 100 valence electrons. The molecule has 0 amide bonds. The summed E-state index contributed by atoms with van der Waals surface area (Å²) in [6.45, 7) is 4.36. The molecule has 2 rings (SSSR count). The number of carbonyl (C=O) groups is 1. The highest BCUT2D eigenvalue weighted by molar-refractivity contribution is 5.94. The molecule has 0 aliphatic heterocycles. The Morgan fingerprint density at radius 2 is 2.32 bits per heavy atom. The van der Waals surface area contributed by atoms with Crippen molar-refractivity contribution < 1.29 is 13.9 Å². The van der Waals surface area contributed by atoms with Crippen molar-refractivity contribution in [3.05, 3.63) is 41.7 Å². The van der Waals surface area contributed by atoms with Gasteiger partial charge in [-0.25, -0.2) is 14.8 Å². The number of carbonyl (C=O) groups excluding carboxylic acids is 1. The monoisotopic (exact) mass is 261 g/mol. The molecule has 2 heterocycles. The smallest absolute Gasteiger partial charge is 0.341 e. The van der Waals surface area contributed by atoms with Crippen LogP contribution in [0.2, 0.25) is 0 Å². The van der Waals surface area contributed by atoms with Crippen LogP contribution in [0.15, 0.2) is 29.1 Å². The largest absolute Gasteiger partial charge is 0.462 e. The minimum Gasteiger partial charge on any atom is -0.462 e. The highest BCUT2D eigenvalue weighted by Gasteiger charge is 2.13. The van der Waals surface area contributed by atoms with Crippen LogP contribution >= 0.6 is 0 Å². The molecular weight excluding hydrogens is 246 g/mol. The van der Waals surface area contributed by atoms with E-state index in [-0.39, 0.29) is 0 Å². The molecule has 0 aromatic carbocycles. The molecule has 0 atom stereocenters. The van der Waals surface area contributed by atoms with E-state index in [1.54, 1.807) is 25.3 Å². The number of aromatic nitrogens is 2. The second kappa shape index (κ2) is 5.99. The lowest BCUT2D eigenvalue weighted by atomic mass is 10.2. The van der Waals surface area contributed by atoms with E-state index in [9.17, 15) is 4.79 Å². The molecule has 0 unspecified atom stereocenters. The van der Waals surface area contributed by atoms with Crippen molar-refractivity contribution in [2.75, 3.05) is 11.9 Å². The lowest BCUT2D eigenvalue weighted by Crippen LogP contribution is -2.11. The standard InChI is InChI=1S/C13H15N3O3/c1-3-18-13(17)10-5-4-6-14-12(10)15-7-11-9(2)19-8-16-11/h4-6,8H,3,7H2,1-2H3,(H,14,15). The van der Waals surface area contributed by atoms with Crippen molar-refractivity contribution in [3.8, 4) is 0 Å². The first-order chi connectivity index (χ1) is 9.22. The summed E-state index contributed by atoms with van der Waals surface area (Å²) in [6.07, 6.45) is 3.00. The van der Waals surface area contributed by atoms with Gasteiger partial charge in [-0.05, 0) is 26.0 Å². The minimum absolute atomic E-state index is 0.329. The predicted molar refractivity (Wildman–Crippen MR) is 68.8 cm³/mol. The van der Waals surface area contributed by atoms with Gasteiger partial charge in [0.2, 0.25) is 0 Å². The number of ether oxygens (including phenoxy) is 1. The molecule has 0 saturated heterocycles. The Morgan fingerprint density at radius 3 is 3.00 bits per heavy atom. The number of nitrogens with zero attached hydrogens (tertiary/aromatic N) is 2. The molecule has 0 aliphatic rings. The van der Waals surface area contributed by atoms with Gasteiger partial charge >= 0.3 is 5.97 Å².